The van der Waals surface area contributed by atoms with E-state index in [-0.39, 0.29) is 5.97 Å². The van der Waals surface area contributed by atoms with Crippen molar-refractivity contribution in [3.05, 3.63) is 44.8 Å². The van der Waals surface area contributed by atoms with Gasteiger partial charge in [0.05, 0.1) is 12.7 Å². The van der Waals surface area contributed by atoms with Gasteiger partial charge in [-0.1, -0.05) is 17.7 Å². The van der Waals surface area contributed by atoms with Gasteiger partial charge in [0.15, 0.2) is 5.11 Å². The first-order chi connectivity index (χ1) is 11.5. The van der Waals surface area contributed by atoms with Gasteiger partial charge in [-0.15, -0.1) is 11.3 Å². The minimum absolute atomic E-state index is 0.321. The fourth-order valence-corrected chi connectivity index (χ4v) is 4.54. The highest BCUT2D eigenvalue weighted by molar-refractivity contribution is 7.80. The van der Waals surface area contributed by atoms with Crippen molar-refractivity contribution in [2.24, 2.45) is 0 Å². The molecule has 2 N–H and O–H groups in total. The van der Waals surface area contributed by atoms with Crippen LogP contribution in [-0.4, -0.2) is 18.2 Å². The van der Waals surface area contributed by atoms with Crippen molar-refractivity contribution >= 4 is 56.9 Å². The molecule has 1 heterocycles. The molecule has 0 radical (unpaired) electrons. The molecule has 1 aliphatic rings. The Kier molecular flexibility index (Phi) is 5.08. The second kappa shape index (κ2) is 7.09. The normalized spacial score (nSPS) is 12.6. The molecule has 24 heavy (non-hydrogen) atoms. The summed E-state index contributed by atoms with van der Waals surface area (Å²) in [6, 6.07) is 5.60. The van der Waals surface area contributed by atoms with Crippen LogP contribution in [-0.2, 0) is 17.6 Å². The van der Waals surface area contributed by atoms with E-state index in [1.165, 1.54) is 12.0 Å². The minimum Gasteiger partial charge on any atom is -0.465 e. The smallest absolute Gasteiger partial charge is 0.341 e. The van der Waals surface area contributed by atoms with Gasteiger partial charge in [0.25, 0.3) is 0 Å². The van der Waals surface area contributed by atoms with E-state index in [1.807, 2.05) is 25.1 Å². The zero-order chi connectivity index (χ0) is 17.3. The van der Waals surface area contributed by atoms with E-state index in [0.29, 0.717) is 15.7 Å². The number of carbonyl (C=O) groups is 1. The fraction of sp³-hybridized carbons (Fsp3) is 0.294. The second-order valence-electron chi connectivity index (χ2n) is 5.54. The molecule has 1 aliphatic carbocycles. The number of nitrogens with one attached hydrogen (secondary N) is 2. The molecule has 2 aromatic rings. The SMILES string of the molecule is COC(=O)c1c(NC(=S)Nc2cccc(Cl)c2C)sc2c1CCC2. The highest BCUT2D eigenvalue weighted by atomic mass is 35.5. The van der Waals surface area contributed by atoms with Crippen molar-refractivity contribution in [1.29, 1.82) is 0 Å². The molecule has 4 nitrogen and oxygen atoms in total. The van der Waals surface area contributed by atoms with E-state index in [0.717, 1.165) is 41.1 Å². The molecule has 0 saturated carbocycles. The van der Waals surface area contributed by atoms with Gasteiger partial charge in [0.2, 0.25) is 0 Å². The molecule has 0 aliphatic heterocycles. The molecule has 0 unspecified atom stereocenters. The number of fused-ring (bicyclic) bond motifs is 1. The fourth-order valence-electron chi connectivity index (χ4n) is 2.81. The molecule has 3 rings (SSSR count). The molecule has 1 aromatic carbocycles. The number of hydrogen-bond donors (Lipinski definition) is 2. The number of hydrogen-bond acceptors (Lipinski definition) is 4. The lowest BCUT2D eigenvalue weighted by molar-refractivity contribution is 0.0601. The Morgan fingerprint density at radius 2 is 2.12 bits per heavy atom. The van der Waals surface area contributed by atoms with Crippen LogP contribution in [0.15, 0.2) is 18.2 Å². The Bertz CT molecular complexity index is 817. The Labute approximate surface area is 155 Å². The van der Waals surface area contributed by atoms with E-state index in [1.54, 1.807) is 11.3 Å². The summed E-state index contributed by atoms with van der Waals surface area (Å²) in [7, 11) is 1.40. The van der Waals surface area contributed by atoms with Gasteiger partial charge < -0.3 is 15.4 Å². The lowest BCUT2D eigenvalue weighted by Gasteiger charge is -2.13. The molecule has 0 saturated heterocycles. The van der Waals surface area contributed by atoms with E-state index in [4.69, 9.17) is 28.6 Å². The summed E-state index contributed by atoms with van der Waals surface area (Å²) in [6.45, 7) is 1.92. The van der Waals surface area contributed by atoms with Crippen LogP contribution < -0.4 is 10.6 Å². The quantitative estimate of drug-likeness (QED) is 0.592. The van der Waals surface area contributed by atoms with Crippen LogP contribution in [0.3, 0.4) is 0 Å². The van der Waals surface area contributed by atoms with Crippen LogP contribution in [0.4, 0.5) is 10.7 Å². The molecule has 126 valence electrons. The van der Waals surface area contributed by atoms with Crippen LogP contribution in [0.2, 0.25) is 5.02 Å². The number of thiocarbonyl (C=S) groups is 1. The summed E-state index contributed by atoms with van der Waals surface area (Å²) < 4.78 is 4.94. The maximum absolute atomic E-state index is 12.2. The third-order valence-electron chi connectivity index (χ3n) is 4.05. The predicted molar refractivity (Wildman–Crippen MR) is 104 cm³/mol. The van der Waals surface area contributed by atoms with Crippen LogP contribution in [0, 0.1) is 6.92 Å². The van der Waals surface area contributed by atoms with E-state index in [2.05, 4.69) is 10.6 Å². The van der Waals surface area contributed by atoms with Crippen LogP contribution in [0.25, 0.3) is 0 Å². The number of aryl methyl sites for hydroxylation is 1. The first-order valence-electron chi connectivity index (χ1n) is 7.57. The van der Waals surface area contributed by atoms with Crippen molar-refractivity contribution < 1.29 is 9.53 Å². The molecule has 0 atom stereocenters. The minimum atomic E-state index is -0.321. The van der Waals surface area contributed by atoms with E-state index in [9.17, 15) is 4.79 Å². The summed E-state index contributed by atoms with van der Waals surface area (Å²) in [5.74, 6) is -0.321. The number of halogens is 1. The van der Waals surface area contributed by atoms with Crippen molar-refractivity contribution in [1.82, 2.24) is 0 Å². The zero-order valence-corrected chi connectivity index (χ0v) is 15.8. The third-order valence-corrected chi connectivity index (χ3v) is 5.87. The van der Waals surface area contributed by atoms with Crippen LogP contribution >= 0.6 is 35.2 Å². The van der Waals surface area contributed by atoms with Gasteiger partial charge in [-0.2, -0.15) is 0 Å². The third kappa shape index (κ3) is 3.27. The van der Waals surface area contributed by atoms with E-state index >= 15 is 0 Å². The lowest BCUT2D eigenvalue weighted by Crippen LogP contribution is -2.20. The first-order valence-corrected chi connectivity index (χ1v) is 9.17. The lowest BCUT2D eigenvalue weighted by atomic mass is 10.1. The Hall–Kier alpha value is -1.63. The van der Waals surface area contributed by atoms with E-state index < -0.39 is 0 Å². The zero-order valence-electron chi connectivity index (χ0n) is 13.4. The molecular formula is C17H17ClN2O2S2. The van der Waals surface area contributed by atoms with Crippen molar-refractivity contribution in [3.63, 3.8) is 0 Å². The summed E-state index contributed by atoms with van der Waals surface area (Å²) in [5, 5.41) is 8.12. The number of anilines is 2. The van der Waals surface area contributed by atoms with Crippen molar-refractivity contribution in [3.8, 4) is 0 Å². The standard InChI is InChI=1S/C17H17ClN2O2S2/c1-9-11(18)6-4-7-12(9)19-17(23)20-15-14(16(21)22-2)10-5-3-8-13(10)24-15/h4,6-7H,3,5,8H2,1-2H3,(H2,19,20,23). The van der Waals surface area contributed by atoms with Gasteiger partial charge in [0, 0.05) is 15.6 Å². The average Bonchev–Trinajstić information content (AvgIpc) is 3.11. The molecule has 0 spiro atoms. The number of carbonyl (C=O) groups excluding carboxylic acids is 1. The number of methoxy groups -OCH3 is 1. The highest BCUT2D eigenvalue weighted by Crippen LogP contribution is 2.39. The maximum Gasteiger partial charge on any atom is 0.341 e. The molecule has 0 amide bonds. The van der Waals surface area contributed by atoms with Gasteiger partial charge in [-0.25, -0.2) is 4.79 Å². The summed E-state index contributed by atoms with van der Waals surface area (Å²) in [4.78, 5) is 13.4. The van der Waals surface area contributed by atoms with Crippen molar-refractivity contribution in [2.75, 3.05) is 17.7 Å². The molecule has 7 heteroatoms. The largest absolute Gasteiger partial charge is 0.465 e. The number of rotatable bonds is 3. The number of benzene rings is 1. The van der Waals surface area contributed by atoms with Crippen molar-refractivity contribution in [2.45, 2.75) is 26.2 Å². The number of thiophene rings is 1. The van der Waals surface area contributed by atoms with Gasteiger partial charge in [-0.05, 0) is 61.7 Å². The first kappa shape index (κ1) is 17.2. The van der Waals surface area contributed by atoms with Crippen LogP contribution in [0.5, 0.6) is 0 Å². The highest BCUT2D eigenvalue weighted by Gasteiger charge is 2.27. The van der Waals surface area contributed by atoms with Crippen LogP contribution in [0.1, 0.15) is 32.8 Å². The second-order valence-corrected chi connectivity index (χ2v) is 7.47. The summed E-state index contributed by atoms with van der Waals surface area (Å²) in [5.41, 5.74) is 3.46. The maximum atomic E-state index is 12.2. The Morgan fingerprint density at radius 1 is 1.33 bits per heavy atom. The predicted octanol–water partition coefficient (Wildman–Crippen LogP) is 4.79. The topological polar surface area (TPSA) is 50.4 Å². The molecule has 0 fully saturated rings. The summed E-state index contributed by atoms with van der Waals surface area (Å²) in [6.07, 6.45) is 2.99. The Morgan fingerprint density at radius 3 is 2.88 bits per heavy atom. The Balaban J connectivity index is 1.82. The molecule has 1 aromatic heterocycles. The van der Waals surface area contributed by atoms with Gasteiger partial charge >= 0.3 is 5.97 Å². The summed E-state index contributed by atoms with van der Waals surface area (Å²) >= 11 is 13.1. The van der Waals surface area contributed by atoms with Gasteiger partial charge in [-0.3, -0.25) is 0 Å². The number of esters is 1. The molecule has 0 bridgehead atoms. The number of ether oxygens (including phenoxy) is 1. The molecular weight excluding hydrogens is 364 g/mol. The average molecular weight is 381 g/mol. The van der Waals surface area contributed by atoms with Gasteiger partial charge in [0.1, 0.15) is 5.00 Å². The monoisotopic (exact) mass is 380 g/mol.